The van der Waals surface area contributed by atoms with E-state index >= 15 is 0 Å². The highest BCUT2D eigenvalue weighted by atomic mass is 14.7. The van der Waals surface area contributed by atoms with Crippen LogP contribution in [0.25, 0.3) is 10.9 Å². The number of nitrogens with zero attached hydrogens (tertiary/aromatic N) is 1. The zero-order valence-electron chi connectivity index (χ0n) is 7.70. The molecule has 0 aliphatic rings. The summed E-state index contributed by atoms with van der Waals surface area (Å²) in [6.07, 6.45) is 2.23. The Hall–Kier alpha value is -1.79. The molecule has 2 rings (SSSR count). The Kier molecular flexibility index (Phi) is 2.21. The summed E-state index contributed by atoms with van der Waals surface area (Å²) in [4.78, 5) is 3.14. The van der Waals surface area contributed by atoms with E-state index in [1.165, 1.54) is 0 Å². The SMILES string of the molecule is N#CC[C@@H](N)c1c[nH]c2ccccc12. The first-order valence-electron chi connectivity index (χ1n) is 4.51. The highest BCUT2D eigenvalue weighted by molar-refractivity contribution is 5.83. The summed E-state index contributed by atoms with van der Waals surface area (Å²) in [7, 11) is 0. The second-order valence-electron chi connectivity index (χ2n) is 3.26. The molecular formula is C11H11N3. The predicted molar refractivity (Wildman–Crippen MR) is 55.5 cm³/mol. The molecule has 1 atom stereocenters. The number of nitriles is 1. The number of rotatable bonds is 2. The maximum absolute atomic E-state index is 8.57. The second-order valence-corrected chi connectivity index (χ2v) is 3.26. The molecule has 0 bridgehead atoms. The summed E-state index contributed by atoms with van der Waals surface area (Å²) < 4.78 is 0. The van der Waals surface area contributed by atoms with Crippen molar-refractivity contribution in [1.29, 1.82) is 5.26 Å². The maximum atomic E-state index is 8.57. The monoisotopic (exact) mass is 185 g/mol. The zero-order valence-corrected chi connectivity index (χ0v) is 7.70. The summed E-state index contributed by atoms with van der Waals surface area (Å²) in [5.74, 6) is 0. The zero-order chi connectivity index (χ0) is 9.97. The number of H-pyrrole nitrogens is 1. The molecule has 0 saturated heterocycles. The molecule has 3 heteroatoms. The van der Waals surface area contributed by atoms with Crippen molar-refractivity contribution in [1.82, 2.24) is 4.98 Å². The second kappa shape index (κ2) is 3.52. The number of nitrogens with one attached hydrogen (secondary N) is 1. The lowest BCUT2D eigenvalue weighted by atomic mass is 10.0. The number of nitrogens with two attached hydrogens (primary N) is 1. The van der Waals surface area contributed by atoms with Crippen LogP contribution < -0.4 is 5.73 Å². The van der Waals surface area contributed by atoms with E-state index in [1.54, 1.807) is 0 Å². The van der Waals surface area contributed by atoms with Crippen molar-refractivity contribution in [2.75, 3.05) is 0 Å². The molecule has 70 valence electrons. The van der Waals surface area contributed by atoms with Crippen molar-refractivity contribution >= 4 is 10.9 Å². The van der Waals surface area contributed by atoms with Gasteiger partial charge in [-0.3, -0.25) is 0 Å². The first-order chi connectivity index (χ1) is 6.83. The molecule has 0 aliphatic heterocycles. The smallest absolute Gasteiger partial charge is 0.0641 e. The van der Waals surface area contributed by atoms with Gasteiger partial charge in [-0.15, -0.1) is 0 Å². The summed E-state index contributed by atoms with van der Waals surface area (Å²) in [6.45, 7) is 0. The third-order valence-electron chi connectivity index (χ3n) is 2.33. The lowest BCUT2D eigenvalue weighted by Gasteiger charge is -2.04. The molecule has 14 heavy (non-hydrogen) atoms. The number of aromatic amines is 1. The van der Waals surface area contributed by atoms with Gasteiger partial charge < -0.3 is 10.7 Å². The van der Waals surface area contributed by atoms with E-state index in [4.69, 9.17) is 11.0 Å². The van der Waals surface area contributed by atoms with Gasteiger partial charge in [-0.05, 0) is 11.6 Å². The molecule has 0 unspecified atom stereocenters. The quantitative estimate of drug-likeness (QED) is 0.752. The van der Waals surface area contributed by atoms with E-state index in [1.807, 2.05) is 30.5 Å². The van der Waals surface area contributed by atoms with E-state index in [2.05, 4.69) is 11.1 Å². The lowest BCUT2D eigenvalue weighted by Crippen LogP contribution is -2.08. The molecule has 1 heterocycles. The summed E-state index contributed by atoms with van der Waals surface area (Å²) in [5.41, 5.74) is 7.96. The number of benzene rings is 1. The summed E-state index contributed by atoms with van der Waals surface area (Å²) >= 11 is 0. The van der Waals surface area contributed by atoms with Gasteiger partial charge in [-0.1, -0.05) is 18.2 Å². The van der Waals surface area contributed by atoms with Crippen molar-refractivity contribution < 1.29 is 0 Å². The van der Waals surface area contributed by atoms with E-state index < -0.39 is 0 Å². The Morgan fingerprint density at radius 3 is 3.00 bits per heavy atom. The van der Waals surface area contributed by atoms with E-state index in [0.29, 0.717) is 6.42 Å². The fourth-order valence-electron chi connectivity index (χ4n) is 1.61. The van der Waals surface area contributed by atoms with Crippen LogP contribution in [0.1, 0.15) is 18.0 Å². The minimum Gasteiger partial charge on any atom is -0.361 e. The van der Waals surface area contributed by atoms with Gasteiger partial charge in [0.1, 0.15) is 0 Å². The Labute approximate surface area is 82.1 Å². The van der Waals surface area contributed by atoms with Gasteiger partial charge in [0.25, 0.3) is 0 Å². The molecule has 2 aromatic rings. The van der Waals surface area contributed by atoms with Crippen LogP contribution in [0.15, 0.2) is 30.5 Å². The molecular weight excluding hydrogens is 174 g/mol. The van der Waals surface area contributed by atoms with Gasteiger partial charge in [0.15, 0.2) is 0 Å². The minimum atomic E-state index is -0.198. The Morgan fingerprint density at radius 2 is 2.21 bits per heavy atom. The Bertz CT molecular complexity index is 478. The number of aromatic nitrogens is 1. The topological polar surface area (TPSA) is 65.6 Å². The van der Waals surface area contributed by atoms with Crippen molar-refractivity contribution in [3.8, 4) is 6.07 Å². The van der Waals surface area contributed by atoms with E-state index in [-0.39, 0.29) is 6.04 Å². The molecule has 0 amide bonds. The molecule has 3 N–H and O–H groups in total. The molecule has 0 aliphatic carbocycles. The van der Waals surface area contributed by atoms with Crippen LogP contribution in [-0.2, 0) is 0 Å². The van der Waals surface area contributed by atoms with Crippen LogP contribution in [0.2, 0.25) is 0 Å². The lowest BCUT2D eigenvalue weighted by molar-refractivity contribution is 0.755. The van der Waals surface area contributed by atoms with E-state index in [9.17, 15) is 0 Å². The molecule has 1 aromatic heterocycles. The molecule has 1 aromatic carbocycles. The highest BCUT2D eigenvalue weighted by Gasteiger charge is 2.10. The van der Waals surface area contributed by atoms with Gasteiger partial charge in [0, 0.05) is 23.1 Å². The number of fused-ring (bicyclic) bond motifs is 1. The highest BCUT2D eigenvalue weighted by Crippen LogP contribution is 2.23. The van der Waals surface area contributed by atoms with Crippen LogP contribution in [-0.4, -0.2) is 4.98 Å². The Morgan fingerprint density at radius 1 is 1.43 bits per heavy atom. The normalized spacial score (nSPS) is 12.6. The number of para-hydroxylation sites is 1. The van der Waals surface area contributed by atoms with Gasteiger partial charge >= 0.3 is 0 Å². The third-order valence-corrected chi connectivity index (χ3v) is 2.33. The van der Waals surface area contributed by atoms with Gasteiger partial charge in [0.05, 0.1) is 12.5 Å². The van der Waals surface area contributed by atoms with Gasteiger partial charge in [-0.2, -0.15) is 5.26 Å². The first-order valence-corrected chi connectivity index (χ1v) is 4.51. The Balaban J connectivity index is 2.48. The van der Waals surface area contributed by atoms with Crippen LogP contribution in [0.4, 0.5) is 0 Å². The summed E-state index contributed by atoms with van der Waals surface area (Å²) in [5, 5.41) is 9.67. The fourth-order valence-corrected chi connectivity index (χ4v) is 1.61. The summed E-state index contributed by atoms with van der Waals surface area (Å²) in [6, 6.07) is 9.84. The maximum Gasteiger partial charge on any atom is 0.0641 e. The van der Waals surface area contributed by atoms with Crippen LogP contribution in [0.5, 0.6) is 0 Å². The van der Waals surface area contributed by atoms with Crippen molar-refractivity contribution in [3.63, 3.8) is 0 Å². The van der Waals surface area contributed by atoms with Crippen LogP contribution in [0.3, 0.4) is 0 Å². The molecule has 0 saturated carbocycles. The first kappa shape index (κ1) is 8.79. The van der Waals surface area contributed by atoms with Gasteiger partial charge in [0.2, 0.25) is 0 Å². The average molecular weight is 185 g/mol. The standard InChI is InChI=1S/C11H11N3/c12-6-5-10(13)9-7-14-11-4-2-1-3-8(9)11/h1-4,7,10,14H,5,13H2/t10-/m1/s1. The van der Waals surface area contributed by atoms with Crippen molar-refractivity contribution in [2.45, 2.75) is 12.5 Å². The molecule has 0 radical (unpaired) electrons. The minimum absolute atomic E-state index is 0.198. The van der Waals surface area contributed by atoms with Crippen LogP contribution >= 0.6 is 0 Å². The molecule has 0 fully saturated rings. The van der Waals surface area contributed by atoms with E-state index in [0.717, 1.165) is 16.5 Å². The molecule has 0 spiro atoms. The number of hydrogen-bond acceptors (Lipinski definition) is 2. The number of hydrogen-bond donors (Lipinski definition) is 2. The largest absolute Gasteiger partial charge is 0.361 e. The van der Waals surface area contributed by atoms with Crippen molar-refractivity contribution in [2.24, 2.45) is 5.73 Å². The van der Waals surface area contributed by atoms with Crippen LogP contribution in [0, 0.1) is 11.3 Å². The fraction of sp³-hybridized carbons (Fsp3) is 0.182. The van der Waals surface area contributed by atoms with Crippen molar-refractivity contribution in [3.05, 3.63) is 36.0 Å². The molecule has 3 nitrogen and oxygen atoms in total. The predicted octanol–water partition coefficient (Wildman–Crippen LogP) is 2.08. The van der Waals surface area contributed by atoms with Gasteiger partial charge in [-0.25, -0.2) is 0 Å². The average Bonchev–Trinajstić information content (AvgIpc) is 2.61. The third kappa shape index (κ3) is 1.36.